The largest absolute Gasteiger partial charge is 0.380 e. The summed E-state index contributed by atoms with van der Waals surface area (Å²) in [5.41, 5.74) is 1.31. The summed E-state index contributed by atoms with van der Waals surface area (Å²) in [5.74, 6) is 0.287. The van der Waals surface area contributed by atoms with E-state index in [1.807, 2.05) is 10.7 Å². The molecular weight excluding hydrogens is 298 g/mol. The Morgan fingerprint density at radius 2 is 2.04 bits per heavy atom. The van der Waals surface area contributed by atoms with E-state index in [-0.39, 0.29) is 5.91 Å². The van der Waals surface area contributed by atoms with Crippen LogP contribution in [0, 0.1) is 0 Å². The lowest BCUT2D eigenvalue weighted by molar-refractivity contribution is -0.184. The van der Waals surface area contributed by atoms with E-state index >= 15 is 0 Å². The van der Waals surface area contributed by atoms with E-state index in [1.165, 1.54) is 0 Å². The Balaban J connectivity index is 1.47. The van der Waals surface area contributed by atoms with E-state index in [2.05, 4.69) is 10.4 Å². The number of carbonyl (C=O) groups excluding carboxylic acids is 1. The van der Waals surface area contributed by atoms with Crippen molar-refractivity contribution < 1.29 is 19.4 Å². The maximum atomic E-state index is 12.3. The van der Waals surface area contributed by atoms with Gasteiger partial charge < -0.3 is 19.9 Å². The molecule has 2 aromatic rings. The standard InChI is InChI=1S/C16H17N3O4/c20-15(17-14-7-13-8-22-6-5-19(13)18-14)11-1-3-12(4-2-11)16(21)9-23-10-16/h1-4,7,21H,5-6,8-10H2,(H,17,18,20). The van der Waals surface area contributed by atoms with Crippen molar-refractivity contribution in [2.75, 3.05) is 25.1 Å². The summed E-state index contributed by atoms with van der Waals surface area (Å²) in [5, 5.41) is 17.3. The second-order valence-corrected chi connectivity index (χ2v) is 5.85. The fraction of sp³-hybridized carbons (Fsp3) is 0.375. The van der Waals surface area contributed by atoms with E-state index < -0.39 is 5.60 Å². The Kier molecular flexibility index (Phi) is 3.41. The molecule has 7 heteroatoms. The van der Waals surface area contributed by atoms with Crippen molar-refractivity contribution in [1.29, 1.82) is 0 Å². The first kappa shape index (κ1) is 14.4. The van der Waals surface area contributed by atoms with Crippen molar-refractivity contribution >= 4 is 11.7 Å². The molecule has 23 heavy (non-hydrogen) atoms. The van der Waals surface area contributed by atoms with Crippen LogP contribution in [0.15, 0.2) is 30.3 Å². The zero-order valence-corrected chi connectivity index (χ0v) is 12.5. The number of hydrogen-bond donors (Lipinski definition) is 2. The number of benzene rings is 1. The second-order valence-electron chi connectivity index (χ2n) is 5.85. The maximum Gasteiger partial charge on any atom is 0.256 e. The van der Waals surface area contributed by atoms with E-state index in [0.29, 0.717) is 44.4 Å². The summed E-state index contributed by atoms with van der Waals surface area (Å²) in [6.07, 6.45) is 0. The second kappa shape index (κ2) is 5.45. The number of fused-ring (bicyclic) bond motifs is 1. The molecule has 120 valence electrons. The highest BCUT2D eigenvalue weighted by atomic mass is 16.5. The minimum Gasteiger partial charge on any atom is -0.380 e. The molecular formula is C16H17N3O4. The average molecular weight is 315 g/mol. The van der Waals surface area contributed by atoms with Gasteiger partial charge in [0.05, 0.1) is 38.7 Å². The molecule has 2 aliphatic heterocycles. The van der Waals surface area contributed by atoms with Crippen LogP contribution in [0.2, 0.25) is 0 Å². The number of nitrogens with one attached hydrogen (secondary N) is 1. The summed E-state index contributed by atoms with van der Waals surface area (Å²) in [6, 6.07) is 8.72. The maximum absolute atomic E-state index is 12.3. The number of amides is 1. The average Bonchev–Trinajstić information content (AvgIpc) is 2.95. The monoisotopic (exact) mass is 315 g/mol. The molecule has 7 nitrogen and oxygen atoms in total. The highest BCUT2D eigenvalue weighted by molar-refractivity contribution is 6.03. The quantitative estimate of drug-likeness (QED) is 0.878. The fourth-order valence-corrected chi connectivity index (χ4v) is 2.74. The number of ether oxygens (including phenoxy) is 2. The van der Waals surface area contributed by atoms with Gasteiger partial charge in [-0.25, -0.2) is 0 Å². The van der Waals surface area contributed by atoms with Crippen molar-refractivity contribution in [3.8, 4) is 0 Å². The number of aliphatic hydroxyl groups is 1. The van der Waals surface area contributed by atoms with Gasteiger partial charge in [0, 0.05) is 11.6 Å². The Morgan fingerprint density at radius 1 is 1.26 bits per heavy atom. The van der Waals surface area contributed by atoms with Crippen LogP contribution in [0.5, 0.6) is 0 Å². The zero-order valence-electron chi connectivity index (χ0n) is 12.5. The van der Waals surface area contributed by atoms with Gasteiger partial charge in [-0.15, -0.1) is 0 Å². The SMILES string of the molecule is O=C(Nc1cc2n(n1)CCOC2)c1ccc(C2(O)COC2)cc1. The van der Waals surface area contributed by atoms with Crippen molar-refractivity contribution in [1.82, 2.24) is 9.78 Å². The van der Waals surface area contributed by atoms with Gasteiger partial charge in [-0.1, -0.05) is 12.1 Å². The van der Waals surface area contributed by atoms with E-state index in [4.69, 9.17) is 9.47 Å². The molecule has 0 bridgehead atoms. The summed E-state index contributed by atoms with van der Waals surface area (Å²) < 4.78 is 12.2. The molecule has 2 aliphatic rings. The smallest absolute Gasteiger partial charge is 0.256 e. The minimum absolute atomic E-state index is 0.232. The van der Waals surface area contributed by atoms with Crippen LogP contribution in [0.3, 0.4) is 0 Å². The third-order valence-electron chi connectivity index (χ3n) is 4.17. The van der Waals surface area contributed by atoms with Crippen molar-refractivity contribution in [2.45, 2.75) is 18.8 Å². The Bertz CT molecular complexity index is 711. The number of anilines is 1. The van der Waals surface area contributed by atoms with Gasteiger partial charge in [0.25, 0.3) is 5.91 Å². The van der Waals surface area contributed by atoms with E-state index in [0.717, 1.165) is 11.3 Å². The van der Waals surface area contributed by atoms with Crippen LogP contribution < -0.4 is 5.32 Å². The van der Waals surface area contributed by atoms with Crippen LogP contribution in [-0.2, 0) is 28.2 Å². The normalized spacial score (nSPS) is 18.8. The Labute approximate surface area is 132 Å². The van der Waals surface area contributed by atoms with Gasteiger partial charge in [0.1, 0.15) is 5.60 Å². The van der Waals surface area contributed by atoms with Crippen LogP contribution in [-0.4, -0.2) is 40.6 Å². The summed E-state index contributed by atoms with van der Waals surface area (Å²) >= 11 is 0. The first-order chi connectivity index (χ1) is 11.1. The number of hydrogen-bond acceptors (Lipinski definition) is 5. The van der Waals surface area contributed by atoms with Crippen LogP contribution in [0.4, 0.5) is 5.82 Å². The van der Waals surface area contributed by atoms with Crippen molar-refractivity contribution in [2.24, 2.45) is 0 Å². The fourth-order valence-electron chi connectivity index (χ4n) is 2.74. The molecule has 1 aromatic heterocycles. The third-order valence-corrected chi connectivity index (χ3v) is 4.17. The number of nitrogens with zero attached hydrogens (tertiary/aromatic N) is 2. The lowest BCUT2D eigenvalue weighted by atomic mass is 9.91. The lowest BCUT2D eigenvalue weighted by Gasteiger charge is -2.36. The molecule has 0 aliphatic carbocycles. The number of rotatable bonds is 3. The molecule has 0 spiro atoms. The topological polar surface area (TPSA) is 85.6 Å². The molecule has 3 heterocycles. The van der Waals surface area contributed by atoms with Gasteiger partial charge in [0.2, 0.25) is 0 Å². The van der Waals surface area contributed by atoms with Crippen LogP contribution in [0.1, 0.15) is 21.6 Å². The molecule has 1 saturated heterocycles. The summed E-state index contributed by atoms with van der Waals surface area (Å²) in [6.45, 7) is 2.43. The Hall–Kier alpha value is -2.22. The van der Waals surface area contributed by atoms with Crippen LogP contribution in [0.25, 0.3) is 0 Å². The molecule has 0 saturated carbocycles. The minimum atomic E-state index is -0.919. The van der Waals surface area contributed by atoms with Crippen molar-refractivity contribution in [3.63, 3.8) is 0 Å². The first-order valence-electron chi connectivity index (χ1n) is 7.51. The highest BCUT2D eigenvalue weighted by Crippen LogP contribution is 2.29. The van der Waals surface area contributed by atoms with Gasteiger partial charge >= 0.3 is 0 Å². The van der Waals surface area contributed by atoms with Gasteiger partial charge in [0.15, 0.2) is 5.82 Å². The van der Waals surface area contributed by atoms with Crippen molar-refractivity contribution in [3.05, 3.63) is 47.2 Å². The summed E-state index contributed by atoms with van der Waals surface area (Å²) in [4.78, 5) is 12.3. The molecule has 2 N–H and O–H groups in total. The van der Waals surface area contributed by atoms with E-state index in [1.54, 1.807) is 24.3 Å². The van der Waals surface area contributed by atoms with Gasteiger partial charge in [-0.3, -0.25) is 9.48 Å². The number of carbonyl (C=O) groups is 1. The first-order valence-corrected chi connectivity index (χ1v) is 7.51. The molecule has 1 amide bonds. The van der Waals surface area contributed by atoms with Crippen LogP contribution >= 0.6 is 0 Å². The van der Waals surface area contributed by atoms with Gasteiger partial charge in [-0.05, 0) is 17.7 Å². The van der Waals surface area contributed by atoms with E-state index in [9.17, 15) is 9.90 Å². The lowest BCUT2D eigenvalue weighted by Crippen LogP contribution is -2.46. The number of aromatic nitrogens is 2. The van der Waals surface area contributed by atoms with Gasteiger partial charge in [-0.2, -0.15) is 5.10 Å². The Morgan fingerprint density at radius 3 is 2.70 bits per heavy atom. The molecule has 0 atom stereocenters. The molecule has 4 rings (SSSR count). The third kappa shape index (κ3) is 2.63. The molecule has 1 aromatic carbocycles. The highest BCUT2D eigenvalue weighted by Gasteiger charge is 2.37. The summed E-state index contributed by atoms with van der Waals surface area (Å²) in [7, 11) is 0. The zero-order chi connectivity index (χ0) is 15.9. The molecule has 1 fully saturated rings. The predicted molar refractivity (Wildman–Crippen MR) is 81.0 cm³/mol. The predicted octanol–water partition coefficient (Wildman–Crippen LogP) is 0.883. The molecule has 0 radical (unpaired) electrons. The molecule has 0 unspecified atom stereocenters.